The third-order valence-corrected chi connectivity index (χ3v) is 2.89. The normalized spacial score (nSPS) is 10.2. The van der Waals surface area contributed by atoms with Crippen LogP contribution in [0, 0.1) is 0 Å². The molecule has 0 aliphatic carbocycles. The van der Waals surface area contributed by atoms with Gasteiger partial charge in [0, 0.05) is 18.4 Å². The zero-order valence-corrected chi connectivity index (χ0v) is 11.6. The van der Waals surface area contributed by atoms with Crippen LogP contribution >= 0.6 is 0 Å². The minimum absolute atomic E-state index is 0.0828. The lowest BCUT2D eigenvalue weighted by Crippen LogP contribution is -2.07. The van der Waals surface area contributed by atoms with Crippen LogP contribution in [0.1, 0.15) is 55.8 Å². The SMILES string of the molecule is CCCCCOC(=O)CCCC(=O)c1ccccc1. The van der Waals surface area contributed by atoms with Crippen molar-refractivity contribution in [3.63, 3.8) is 0 Å². The summed E-state index contributed by atoms with van der Waals surface area (Å²) < 4.78 is 5.08. The average Bonchev–Trinajstić information content (AvgIpc) is 2.44. The number of carbonyl (C=O) groups excluding carboxylic acids is 2. The topological polar surface area (TPSA) is 43.4 Å². The van der Waals surface area contributed by atoms with Crippen LogP contribution < -0.4 is 0 Å². The minimum Gasteiger partial charge on any atom is -0.466 e. The maximum absolute atomic E-state index is 11.8. The van der Waals surface area contributed by atoms with Gasteiger partial charge in [0.1, 0.15) is 0 Å². The van der Waals surface area contributed by atoms with Crippen LogP contribution in [-0.4, -0.2) is 18.4 Å². The van der Waals surface area contributed by atoms with Gasteiger partial charge < -0.3 is 4.74 Å². The number of carbonyl (C=O) groups is 2. The van der Waals surface area contributed by atoms with Crippen LogP contribution in [-0.2, 0) is 9.53 Å². The Morgan fingerprint density at radius 1 is 1.00 bits per heavy atom. The summed E-state index contributed by atoms with van der Waals surface area (Å²) in [5.41, 5.74) is 0.707. The number of hydrogen-bond acceptors (Lipinski definition) is 3. The molecule has 0 amide bonds. The summed E-state index contributed by atoms with van der Waals surface area (Å²) in [4.78, 5) is 23.2. The largest absolute Gasteiger partial charge is 0.466 e. The molecule has 0 N–H and O–H groups in total. The molecule has 0 aliphatic heterocycles. The first-order chi connectivity index (χ1) is 9.24. The smallest absolute Gasteiger partial charge is 0.305 e. The molecule has 0 aromatic heterocycles. The lowest BCUT2D eigenvalue weighted by Gasteiger charge is -2.04. The van der Waals surface area contributed by atoms with Gasteiger partial charge in [-0.25, -0.2) is 0 Å². The summed E-state index contributed by atoms with van der Waals surface area (Å²) in [7, 11) is 0. The number of hydrogen-bond donors (Lipinski definition) is 0. The Labute approximate surface area is 115 Å². The molecule has 1 aromatic carbocycles. The molecule has 0 aliphatic rings. The van der Waals surface area contributed by atoms with E-state index in [0.29, 0.717) is 31.4 Å². The molecule has 1 aromatic rings. The third kappa shape index (κ3) is 6.75. The van der Waals surface area contributed by atoms with Gasteiger partial charge in [0.15, 0.2) is 5.78 Å². The van der Waals surface area contributed by atoms with Crippen LogP contribution in [0.25, 0.3) is 0 Å². The van der Waals surface area contributed by atoms with E-state index in [9.17, 15) is 9.59 Å². The highest BCUT2D eigenvalue weighted by atomic mass is 16.5. The first kappa shape index (κ1) is 15.4. The van der Waals surface area contributed by atoms with Crippen molar-refractivity contribution >= 4 is 11.8 Å². The monoisotopic (exact) mass is 262 g/mol. The van der Waals surface area contributed by atoms with Crippen molar-refractivity contribution in [1.29, 1.82) is 0 Å². The van der Waals surface area contributed by atoms with Gasteiger partial charge in [-0.1, -0.05) is 50.1 Å². The standard InChI is InChI=1S/C16H22O3/c1-2-3-7-13-19-16(18)12-8-11-15(17)14-9-5-4-6-10-14/h4-6,9-10H,2-3,7-8,11-13H2,1H3. The van der Waals surface area contributed by atoms with Gasteiger partial charge in [0.25, 0.3) is 0 Å². The Hall–Kier alpha value is -1.64. The van der Waals surface area contributed by atoms with Gasteiger partial charge in [-0.2, -0.15) is 0 Å². The molecule has 0 spiro atoms. The molecule has 0 saturated heterocycles. The summed E-state index contributed by atoms with van der Waals surface area (Å²) in [6.07, 6.45) is 4.40. The third-order valence-electron chi connectivity index (χ3n) is 2.89. The highest BCUT2D eigenvalue weighted by Crippen LogP contribution is 2.07. The number of unbranched alkanes of at least 4 members (excludes halogenated alkanes) is 2. The average molecular weight is 262 g/mol. The highest BCUT2D eigenvalue weighted by Gasteiger charge is 2.07. The van der Waals surface area contributed by atoms with Crippen molar-refractivity contribution in [2.75, 3.05) is 6.61 Å². The second-order valence-electron chi connectivity index (χ2n) is 4.57. The second-order valence-corrected chi connectivity index (χ2v) is 4.57. The maximum Gasteiger partial charge on any atom is 0.305 e. The first-order valence-electron chi connectivity index (χ1n) is 6.98. The van der Waals surface area contributed by atoms with E-state index in [1.165, 1.54) is 0 Å². The molecule has 0 fully saturated rings. The van der Waals surface area contributed by atoms with Crippen molar-refractivity contribution in [2.24, 2.45) is 0 Å². The fourth-order valence-corrected chi connectivity index (χ4v) is 1.77. The Kier molecular flexibility index (Phi) is 7.56. The summed E-state index contributed by atoms with van der Waals surface area (Å²) in [5.74, 6) is -0.114. The van der Waals surface area contributed by atoms with Crippen LogP contribution in [0.3, 0.4) is 0 Å². The molecule has 0 bridgehead atoms. The molecule has 0 heterocycles. The molecule has 19 heavy (non-hydrogen) atoms. The van der Waals surface area contributed by atoms with E-state index in [-0.39, 0.29) is 11.8 Å². The van der Waals surface area contributed by atoms with E-state index < -0.39 is 0 Å². The van der Waals surface area contributed by atoms with Gasteiger partial charge in [0.05, 0.1) is 6.61 Å². The maximum atomic E-state index is 11.8. The number of rotatable bonds is 9. The molecular formula is C16H22O3. The van der Waals surface area contributed by atoms with Crippen LogP contribution in [0.4, 0.5) is 0 Å². The number of esters is 1. The fourth-order valence-electron chi connectivity index (χ4n) is 1.77. The molecule has 104 valence electrons. The predicted molar refractivity (Wildman–Crippen MR) is 75.1 cm³/mol. The molecular weight excluding hydrogens is 240 g/mol. The predicted octanol–water partition coefficient (Wildman–Crippen LogP) is 3.77. The van der Waals surface area contributed by atoms with Gasteiger partial charge in [-0.15, -0.1) is 0 Å². The lowest BCUT2D eigenvalue weighted by molar-refractivity contribution is -0.143. The quantitative estimate of drug-likeness (QED) is 0.386. The van der Waals surface area contributed by atoms with Crippen LogP contribution in [0.2, 0.25) is 0 Å². The zero-order chi connectivity index (χ0) is 13.9. The highest BCUT2D eigenvalue weighted by molar-refractivity contribution is 5.96. The van der Waals surface area contributed by atoms with E-state index in [1.54, 1.807) is 12.1 Å². The Balaban J connectivity index is 2.13. The summed E-state index contributed by atoms with van der Waals surface area (Å²) in [5, 5.41) is 0. The lowest BCUT2D eigenvalue weighted by atomic mass is 10.1. The Morgan fingerprint density at radius 2 is 1.74 bits per heavy atom. The van der Waals surface area contributed by atoms with Crippen LogP contribution in [0.15, 0.2) is 30.3 Å². The summed E-state index contributed by atoms with van der Waals surface area (Å²) in [6.45, 7) is 2.61. The van der Waals surface area contributed by atoms with E-state index in [4.69, 9.17) is 4.74 Å². The van der Waals surface area contributed by atoms with E-state index in [1.807, 2.05) is 18.2 Å². The molecule has 3 heteroatoms. The van der Waals surface area contributed by atoms with Crippen molar-refractivity contribution in [3.05, 3.63) is 35.9 Å². The minimum atomic E-state index is -0.197. The van der Waals surface area contributed by atoms with Crippen molar-refractivity contribution < 1.29 is 14.3 Å². The van der Waals surface area contributed by atoms with Gasteiger partial charge in [-0.3, -0.25) is 9.59 Å². The fraction of sp³-hybridized carbons (Fsp3) is 0.500. The zero-order valence-electron chi connectivity index (χ0n) is 11.6. The molecule has 0 unspecified atom stereocenters. The van der Waals surface area contributed by atoms with E-state index >= 15 is 0 Å². The Bertz CT molecular complexity index is 384. The number of ether oxygens (including phenoxy) is 1. The number of Topliss-reactive ketones (excluding diaryl/α,β-unsaturated/α-hetero) is 1. The van der Waals surface area contributed by atoms with E-state index in [0.717, 1.165) is 19.3 Å². The second kappa shape index (κ2) is 9.31. The first-order valence-corrected chi connectivity index (χ1v) is 6.98. The van der Waals surface area contributed by atoms with Crippen molar-refractivity contribution in [3.8, 4) is 0 Å². The number of ketones is 1. The molecule has 0 saturated carbocycles. The van der Waals surface area contributed by atoms with E-state index in [2.05, 4.69) is 6.92 Å². The van der Waals surface area contributed by atoms with Crippen molar-refractivity contribution in [1.82, 2.24) is 0 Å². The summed E-state index contributed by atoms with van der Waals surface area (Å²) >= 11 is 0. The molecule has 0 atom stereocenters. The summed E-state index contributed by atoms with van der Waals surface area (Å²) in [6, 6.07) is 9.16. The molecule has 3 nitrogen and oxygen atoms in total. The van der Waals surface area contributed by atoms with Gasteiger partial charge in [-0.05, 0) is 12.8 Å². The molecule has 0 radical (unpaired) electrons. The van der Waals surface area contributed by atoms with Gasteiger partial charge in [0.2, 0.25) is 0 Å². The molecule has 1 rings (SSSR count). The van der Waals surface area contributed by atoms with Crippen LogP contribution in [0.5, 0.6) is 0 Å². The number of benzene rings is 1. The Morgan fingerprint density at radius 3 is 2.42 bits per heavy atom. The van der Waals surface area contributed by atoms with Crippen molar-refractivity contribution in [2.45, 2.75) is 45.4 Å². The van der Waals surface area contributed by atoms with Gasteiger partial charge >= 0.3 is 5.97 Å².